The van der Waals surface area contributed by atoms with Crippen LogP contribution in [0.5, 0.6) is 0 Å². The molecule has 6 heteroatoms. The topological polar surface area (TPSA) is 78.9 Å². The van der Waals surface area contributed by atoms with Gasteiger partial charge in [0.1, 0.15) is 13.2 Å². The van der Waals surface area contributed by atoms with Crippen LogP contribution in [0.2, 0.25) is 0 Å². The Hall–Kier alpha value is -3.41. The maximum atomic E-state index is 12.9. The molecule has 0 aromatic heterocycles. The second-order valence-corrected chi connectivity index (χ2v) is 22.0. The average Bonchev–Trinajstić information content (AvgIpc) is 3.43. The van der Waals surface area contributed by atoms with E-state index < -0.39 is 6.10 Å². The Morgan fingerprint density at radius 2 is 0.506 bits per heavy atom. The van der Waals surface area contributed by atoms with Crippen LogP contribution >= 0.6 is 0 Å². The molecule has 0 bridgehead atoms. The minimum absolute atomic E-state index is 0.0770. The molecule has 0 rings (SSSR count). The van der Waals surface area contributed by atoms with Crippen LogP contribution in [0, 0.1) is 0 Å². The van der Waals surface area contributed by atoms with E-state index in [1.54, 1.807) is 0 Å². The number of hydrogen-bond donors (Lipinski definition) is 0. The van der Waals surface area contributed by atoms with Gasteiger partial charge in [0, 0.05) is 19.3 Å². The molecule has 0 saturated heterocycles. The minimum atomic E-state index is -0.779. The monoisotopic (exact) mass is 1070 g/mol. The molecular weight excluding hydrogens is 949 g/mol. The fourth-order valence-corrected chi connectivity index (χ4v) is 9.44. The first-order valence-corrected chi connectivity index (χ1v) is 33.1. The highest BCUT2D eigenvalue weighted by molar-refractivity contribution is 5.71. The molecule has 77 heavy (non-hydrogen) atoms. The molecule has 0 aliphatic heterocycles. The summed E-state index contributed by atoms with van der Waals surface area (Å²) in [7, 11) is 0. The molecule has 0 fully saturated rings. The van der Waals surface area contributed by atoms with Gasteiger partial charge in [0.05, 0.1) is 0 Å². The van der Waals surface area contributed by atoms with E-state index in [0.717, 1.165) is 103 Å². The number of allylic oxidation sites excluding steroid dienone is 14. The van der Waals surface area contributed by atoms with E-state index in [0.29, 0.717) is 19.3 Å². The summed E-state index contributed by atoms with van der Waals surface area (Å²) in [5, 5.41) is 0. The Morgan fingerprint density at radius 3 is 0.792 bits per heavy atom. The van der Waals surface area contributed by atoms with Crippen molar-refractivity contribution in [1.29, 1.82) is 0 Å². The van der Waals surface area contributed by atoms with Crippen LogP contribution < -0.4 is 0 Å². The Bertz CT molecular complexity index is 1470. The normalized spacial score (nSPS) is 12.6. The van der Waals surface area contributed by atoms with Gasteiger partial charge in [-0.3, -0.25) is 14.4 Å². The fraction of sp³-hybridized carbons (Fsp3) is 0.761. The lowest BCUT2D eigenvalue weighted by Gasteiger charge is -2.18. The van der Waals surface area contributed by atoms with Crippen molar-refractivity contribution in [2.45, 2.75) is 335 Å². The number of rotatable bonds is 60. The fourth-order valence-electron chi connectivity index (χ4n) is 9.44. The van der Waals surface area contributed by atoms with E-state index in [1.165, 1.54) is 186 Å². The van der Waals surface area contributed by atoms with Crippen molar-refractivity contribution in [1.82, 2.24) is 0 Å². The molecule has 0 aromatic carbocycles. The first-order valence-electron chi connectivity index (χ1n) is 33.1. The molecule has 0 amide bonds. The van der Waals surface area contributed by atoms with Crippen molar-refractivity contribution in [3.8, 4) is 0 Å². The third-order valence-corrected chi connectivity index (χ3v) is 14.4. The van der Waals surface area contributed by atoms with Crippen LogP contribution in [-0.4, -0.2) is 37.2 Å². The SMILES string of the molecule is CC/C=C\C/C=C\C/C=C\C/C=C\CCCCCCCCCCC(=O)OC(COC(=O)CCCCCCCCCCC)COC(=O)CCCCCCCCCCCCCCCC/C=C\C/C=C\C/C=C\CCCCCCC. The van der Waals surface area contributed by atoms with Gasteiger partial charge in [0.15, 0.2) is 6.10 Å². The van der Waals surface area contributed by atoms with Gasteiger partial charge in [-0.05, 0) is 96.3 Å². The maximum absolute atomic E-state index is 12.9. The lowest BCUT2D eigenvalue weighted by molar-refractivity contribution is -0.167. The summed E-state index contributed by atoms with van der Waals surface area (Å²) in [6, 6.07) is 0. The summed E-state index contributed by atoms with van der Waals surface area (Å²) in [6.45, 7) is 6.52. The summed E-state index contributed by atoms with van der Waals surface area (Å²) in [5.74, 6) is -0.876. The number of ether oxygens (including phenoxy) is 3. The van der Waals surface area contributed by atoms with E-state index >= 15 is 0 Å². The van der Waals surface area contributed by atoms with E-state index in [2.05, 4.69) is 106 Å². The van der Waals surface area contributed by atoms with Crippen molar-refractivity contribution in [3.63, 3.8) is 0 Å². The molecule has 0 saturated carbocycles. The molecule has 0 N–H and O–H groups in total. The zero-order valence-electron chi connectivity index (χ0n) is 51.0. The standard InChI is InChI=1S/C71H124O6/c1-4-7-10-13-16-19-21-23-25-27-29-31-32-33-34-35-36-37-38-40-41-43-45-47-49-52-55-58-61-64-70(73)76-67-68(66-75-69(72)63-60-57-54-51-18-15-12-9-6-3)77-71(74)65-62-59-56-53-50-48-46-44-42-39-30-28-26-24-22-20-17-14-11-8-5-2/h8,11,17,20-21,23-24,26-27,29-30,32-33,39,68H,4-7,9-10,12-16,18-19,22,25,28,31,34-38,40-67H2,1-3H3/b11-8-,20-17-,23-21-,26-24-,29-27-,33-32-,39-30-. The van der Waals surface area contributed by atoms with Crippen molar-refractivity contribution in [2.75, 3.05) is 13.2 Å². The summed E-state index contributed by atoms with van der Waals surface area (Å²) < 4.78 is 16.9. The highest BCUT2D eigenvalue weighted by Crippen LogP contribution is 2.17. The maximum Gasteiger partial charge on any atom is 0.306 e. The summed E-state index contributed by atoms with van der Waals surface area (Å²) in [4.78, 5) is 38.2. The molecule has 0 heterocycles. The Labute approximate surface area is 477 Å². The molecule has 1 unspecified atom stereocenters. The Balaban J connectivity index is 4.17. The Kier molecular flexibility index (Phi) is 62.2. The minimum Gasteiger partial charge on any atom is -0.462 e. The molecule has 1 atom stereocenters. The van der Waals surface area contributed by atoms with Gasteiger partial charge in [-0.15, -0.1) is 0 Å². The zero-order chi connectivity index (χ0) is 55.7. The molecule has 0 aliphatic carbocycles. The smallest absolute Gasteiger partial charge is 0.306 e. The summed E-state index contributed by atoms with van der Waals surface area (Å²) >= 11 is 0. The zero-order valence-corrected chi connectivity index (χ0v) is 51.0. The molecule has 0 spiro atoms. The number of hydrogen-bond acceptors (Lipinski definition) is 6. The van der Waals surface area contributed by atoms with Gasteiger partial charge in [0.25, 0.3) is 0 Å². The van der Waals surface area contributed by atoms with Gasteiger partial charge in [-0.25, -0.2) is 0 Å². The Morgan fingerprint density at radius 1 is 0.273 bits per heavy atom. The van der Waals surface area contributed by atoms with Crippen molar-refractivity contribution in [3.05, 3.63) is 85.1 Å². The molecule has 0 aromatic rings. The van der Waals surface area contributed by atoms with Crippen molar-refractivity contribution >= 4 is 17.9 Å². The molecule has 444 valence electrons. The summed E-state index contributed by atoms with van der Waals surface area (Å²) in [5.41, 5.74) is 0. The number of carbonyl (C=O) groups excluding carboxylic acids is 3. The van der Waals surface area contributed by atoms with Crippen LogP contribution in [0.25, 0.3) is 0 Å². The number of esters is 3. The van der Waals surface area contributed by atoms with Crippen molar-refractivity contribution in [2.24, 2.45) is 0 Å². The first kappa shape index (κ1) is 73.6. The highest BCUT2D eigenvalue weighted by atomic mass is 16.6. The largest absolute Gasteiger partial charge is 0.462 e. The van der Waals surface area contributed by atoms with Gasteiger partial charge < -0.3 is 14.2 Å². The first-order chi connectivity index (χ1) is 38.0. The lowest BCUT2D eigenvalue weighted by Crippen LogP contribution is -2.30. The quantitative estimate of drug-likeness (QED) is 0.0261. The van der Waals surface area contributed by atoms with Crippen LogP contribution in [0.3, 0.4) is 0 Å². The van der Waals surface area contributed by atoms with Gasteiger partial charge >= 0.3 is 17.9 Å². The summed E-state index contributed by atoms with van der Waals surface area (Å²) in [6.07, 6.45) is 86.1. The van der Waals surface area contributed by atoms with Gasteiger partial charge in [-0.2, -0.15) is 0 Å². The molecule has 0 radical (unpaired) electrons. The predicted molar refractivity (Wildman–Crippen MR) is 334 cm³/mol. The van der Waals surface area contributed by atoms with Gasteiger partial charge in [-0.1, -0.05) is 298 Å². The van der Waals surface area contributed by atoms with Crippen LogP contribution in [0.1, 0.15) is 329 Å². The molecule has 6 nitrogen and oxygen atoms in total. The van der Waals surface area contributed by atoms with E-state index in [-0.39, 0.29) is 31.1 Å². The lowest BCUT2D eigenvalue weighted by atomic mass is 10.0. The molecule has 0 aliphatic rings. The second kappa shape index (κ2) is 65.1. The second-order valence-electron chi connectivity index (χ2n) is 22.0. The van der Waals surface area contributed by atoms with E-state index in [1.807, 2.05) is 0 Å². The average molecular weight is 1070 g/mol. The van der Waals surface area contributed by atoms with Crippen LogP contribution in [0.15, 0.2) is 85.1 Å². The number of unbranched alkanes of at least 4 members (excludes halogenated alkanes) is 35. The highest BCUT2D eigenvalue weighted by Gasteiger charge is 2.19. The van der Waals surface area contributed by atoms with Crippen LogP contribution in [0.4, 0.5) is 0 Å². The third-order valence-electron chi connectivity index (χ3n) is 14.4. The van der Waals surface area contributed by atoms with E-state index in [9.17, 15) is 14.4 Å². The van der Waals surface area contributed by atoms with Crippen molar-refractivity contribution < 1.29 is 28.6 Å². The van der Waals surface area contributed by atoms with Gasteiger partial charge in [0.2, 0.25) is 0 Å². The number of carbonyl (C=O) groups is 3. The molecular formula is C71H124O6. The third kappa shape index (κ3) is 63.3. The van der Waals surface area contributed by atoms with Crippen LogP contribution in [-0.2, 0) is 28.6 Å². The van der Waals surface area contributed by atoms with E-state index in [4.69, 9.17) is 14.2 Å². The predicted octanol–water partition coefficient (Wildman–Crippen LogP) is 22.7.